The molecule has 0 atom stereocenters. The highest BCUT2D eigenvalue weighted by molar-refractivity contribution is 5.76. The average molecular weight is 384 g/mol. The molecule has 2 aromatic carbocycles. The third-order valence-corrected chi connectivity index (χ3v) is 4.30. The van der Waals surface area contributed by atoms with E-state index in [1.54, 1.807) is 4.90 Å². The van der Waals surface area contributed by atoms with Crippen molar-refractivity contribution in [3.63, 3.8) is 0 Å². The van der Waals surface area contributed by atoms with Gasteiger partial charge in [0.1, 0.15) is 5.75 Å². The van der Waals surface area contributed by atoms with Crippen LogP contribution in [0, 0.1) is 0 Å². The summed E-state index contributed by atoms with van der Waals surface area (Å²) < 4.78 is 16.2. The van der Waals surface area contributed by atoms with Gasteiger partial charge in [-0.3, -0.25) is 9.59 Å². The smallest absolute Gasteiger partial charge is 0.231 e. The number of hydrogen-bond donors (Lipinski definition) is 1. The molecule has 1 N–H and O–H groups in total. The number of benzene rings is 2. The van der Waals surface area contributed by atoms with Crippen molar-refractivity contribution in [3.8, 4) is 17.2 Å². The van der Waals surface area contributed by atoms with Crippen LogP contribution in [0.1, 0.15) is 18.9 Å². The maximum atomic E-state index is 11.9. The molecule has 0 unspecified atom stereocenters. The first-order valence-corrected chi connectivity index (χ1v) is 9.20. The van der Waals surface area contributed by atoms with Gasteiger partial charge in [0.15, 0.2) is 11.5 Å². The first kappa shape index (κ1) is 19.5. The first-order valence-electron chi connectivity index (χ1n) is 9.20. The van der Waals surface area contributed by atoms with Gasteiger partial charge in [-0.1, -0.05) is 24.3 Å². The molecule has 0 aromatic heterocycles. The van der Waals surface area contributed by atoms with Gasteiger partial charge in [-0.05, 0) is 29.8 Å². The molecule has 2 amide bonds. The van der Waals surface area contributed by atoms with Crippen LogP contribution >= 0.6 is 0 Å². The molecule has 7 nitrogen and oxygen atoms in total. The number of nitrogens with one attached hydrogen (secondary N) is 1. The number of amides is 2. The number of ether oxygens (including phenoxy) is 3. The normalized spacial score (nSPS) is 11.8. The van der Waals surface area contributed by atoms with Crippen LogP contribution in [0.2, 0.25) is 0 Å². The van der Waals surface area contributed by atoms with E-state index in [1.165, 1.54) is 6.92 Å². The SMILES string of the molecule is CC(=O)N(CCNC(=O)CCOc1ccccc1)Cc1ccc2c(c1)OCO2. The van der Waals surface area contributed by atoms with Crippen molar-refractivity contribution < 1.29 is 23.8 Å². The fraction of sp³-hybridized carbons (Fsp3) is 0.333. The summed E-state index contributed by atoms with van der Waals surface area (Å²) in [6.45, 7) is 3.30. The fourth-order valence-corrected chi connectivity index (χ4v) is 2.80. The molecule has 7 heteroatoms. The van der Waals surface area contributed by atoms with Crippen molar-refractivity contribution in [2.45, 2.75) is 19.9 Å². The van der Waals surface area contributed by atoms with E-state index in [4.69, 9.17) is 14.2 Å². The Hall–Kier alpha value is -3.22. The minimum Gasteiger partial charge on any atom is -0.493 e. The van der Waals surface area contributed by atoms with Crippen LogP contribution in [-0.4, -0.2) is 43.2 Å². The van der Waals surface area contributed by atoms with Gasteiger partial charge in [-0.2, -0.15) is 0 Å². The van der Waals surface area contributed by atoms with Crippen LogP contribution in [0.4, 0.5) is 0 Å². The van der Waals surface area contributed by atoms with E-state index in [-0.39, 0.29) is 25.0 Å². The summed E-state index contributed by atoms with van der Waals surface area (Å²) in [5, 5.41) is 2.82. The highest BCUT2D eigenvalue weighted by Gasteiger charge is 2.16. The van der Waals surface area contributed by atoms with E-state index in [1.807, 2.05) is 48.5 Å². The zero-order chi connectivity index (χ0) is 19.8. The predicted molar refractivity (Wildman–Crippen MR) is 103 cm³/mol. The molecule has 28 heavy (non-hydrogen) atoms. The van der Waals surface area contributed by atoms with Crippen LogP contribution in [0.15, 0.2) is 48.5 Å². The summed E-state index contributed by atoms with van der Waals surface area (Å²) in [7, 11) is 0. The van der Waals surface area contributed by atoms with Gasteiger partial charge in [-0.15, -0.1) is 0 Å². The monoisotopic (exact) mass is 384 g/mol. The van der Waals surface area contributed by atoms with Crippen LogP contribution in [0.3, 0.4) is 0 Å². The second-order valence-corrected chi connectivity index (χ2v) is 6.39. The molecule has 2 aromatic rings. The number of carbonyl (C=O) groups excluding carboxylic acids is 2. The van der Waals surface area contributed by atoms with Crippen molar-refractivity contribution in [2.75, 3.05) is 26.5 Å². The lowest BCUT2D eigenvalue weighted by atomic mass is 10.2. The van der Waals surface area contributed by atoms with Gasteiger partial charge >= 0.3 is 0 Å². The zero-order valence-corrected chi connectivity index (χ0v) is 15.8. The molecule has 1 aliphatic rings. The van der Waals surface area contributed by atoms with Gasteiger partial charge in [-0.25, -0.2) is 0 Å². The van der Waals surface area contributed by atoms with E-state index in [0.717, 1.165) is 11.3 Å². The Labute approximate surface area is 164 Å². The molecular formula is C21H24N2O5. The average Bonchev–Trinajstić information content (AvgIpc) is 3.16. The Balaban J connectivity index is 1.39. The summed E-state index contributed by atoms with van der Waals surface area (Å²) in [5.41, 5.74) is 0.946. The minimum atomic E-state index is -0.109. The van der Waals surface area contributed by atoms with Crippen molar-refractivity contribution in [1.29, 1.82) is 0 Å². The topological polar surface area (TPSA) is 77.1 Å². The number of carbonyl (C=O) groups is 2. The second-order valence-electron chi connectivity index (χ2n) is 6.39. The molecule has 0 aliphatic carbocycles. The molecule has 0 saturated heterocycles. The summed E-state index contributed by atoms with van der Waals surface area (Å²) in [4.78, 5) is 25.5. The van der Waals surface area contributed by atoms with E-state index in [9.17, 15) is 9.59 Å². The molecule has 0 spiro atoms. The molecule has 0 radical (unpaired) electrons. The van der Waals surface area contributed by atoms with Gasteiger partial charge in [0, 0.05) is 26.6 Å². The van der Waals surface area contributed by atoms with Crippen molar-refractivity contribution in [3.05, 3.63) is 54.1 Å². The Morgan fingerprint density at radius 3 is 2.68 bits per heavy atom. The van der Waals surface area contributed by atoms with E-state index in [2.05, 4.69) is 5.32 Å². The van der Waals surface area contributed by atoms with Gasteiger partial charge in [0.05, 0.1) is 13.0 Å². The molecule has 0 bridgehead atoms. The largest absolute Gasteiger partial charge is 0.493 e. The maximum absolute atomic E-state index is 11.9. The molecular weight excluding hydrogens is 360 g/mol. The van der Waals surface area contributed by atoms with Crippen molar-refractivity contribution in [1.82, 2.24) is 10.2 Å². The Morgan fingerprint density at radius 1 is 1.11 bits per heavy atom. The second kappa shape index (κ2) is 9.64. The molecule has 1 heterocycles. The number of para-hydroxylation sites is 1. The lowest BCUT2D eigenvalue weighted by Gasteiger charge is -2.21. The molecule has 148 valence electrons. The van der Waals surface area contributed by atoms with Crippen LogP contribution in [-0.2, 0) is 16.1 Å². The van der Waals surface area contributed by atoms with Gasteiger partial charge in [0.2, 0.25) is 18.6 Å². The predicted octanol–water partition coefficient (Wildman–Crippen LogP) is 2.35. The lowest BCUT2D eigenvalue weighted by molar-refractivity contribution is -0.130. The third-order valence-electron chi connectivity index (χ3n) is 4.30. The lowest BCUT2D eigenvalue weighted by Crippen LogP contribution is -2.37. The number of hydrogen-bond acceptors (Lipinski definition) is 5. The van der Waals surface area contributed by atoms with Crippen LogP contribution in [0.25, 0.3) is 0 Å². The van der Waals surface area contributed by atoms with E-state index >= 15 is 0 Å². The minimum absolute atomic E-state index is 0.0562. The standard InChI is InChI=1S/C21H24N2O5/c1-16(24)23(14-17-7-8-19-20(13-17)28-15-27-19)11-10-22-21(25)9-12-26-18-5-3-2-4-6-18/h2-8,13H,9-12,14-15H2,1H3,(H,22,25). The highest BCUT2D eigenvalue weighted by atomic mass is 16.7. The quantitative estimate of drug-likeness (QED) is 0.718. The summed E-state index contributed by atoms with van der Waals surface area (Å²) in [5.74, 6) is 1.97. The Bertz CT molecular complexity index is 810. The molecule has 0 saturated carbocycles. The molecule has 0 fully saturated rings. The third kappa shape index (κ3) is 5.64. The molecule has 3 rings (SSSR count). The zero-order valence-electron chi connectivity index (χ0n) is 15.8. The molecule has 1 aliphatic heterocycles. The summed E-state index contributed by atoms with van der Waals surface area (Å²) >= 11 is 0. The Morgan fingerprint density at radius 2 is 1.89 bits per heavy atom. The van der Waals surface area contributed by atoms with Gasteiger partial charge in [0.25, 0.3) is 0 Å². The van der Waals surface area contributed by atoms with Crippen molar-refractivity contribution in [2.24, 2.45) is 0 Å². The number of fused-ring (bicyclic) bond motifs is 1. The van der Waals surface area contributed by atoms with E-state index in [0.29, 0.717) is 37.7 Å². The van der Waals surface area contributed by atoms with Crippen molar-refractivity contribution >= 4 is 11.8 Å². The number of nitrogens with zero attached hydrogens (tertiary/aromatic N) is 1. The van der Waals surface area contributed by atoms with E-state index < -0.39 is 0 Å². The Kier molecular flexibility index (Phi) is 6.73. The van der Waals surface area contributed by atoms with Crippen LogP contribution < -0.4 is 19.5 Å². The maximum Gasteiger partial charge on any atom is 0.231 e. The van der Waals surface area contributed by atoms with Gasteiger partial charge < -0.3 is 24.4 Å². The van der Waals surface area contributed by atoms with Crippen LogP contribution in [0.5, 0.6) is 17.2 Å². The first-order chi connectivity index (χ1) is 13.6. The summed E-state index contributed by atoms with van der Waals surface area (Å²) in [6.07, 6.45) is 0.261. The fourth-order valence-electron chi connectivity index (χ4n) is 2.80. The highest BCUT2D eigenvalue weighted by Crippen LogP contribution is 2.32. The number of rotatable bonds is 9. The summed E-state index contributed by atoms with van der Waals surface area (Å²) in [6, 6.07) is 15.0.